The molecule has 1 fully saturated rings. The van der Waals surface area contributed by atoms with Crippen LogP contribution in [0, 0.1) is 11.3 Å². The zero-order valence-corrected chi connectivity index (χ0v) is 22.0. The highest BCUT2D eigenvalue weighted by Crippen LogP contribution is 2.56. The average molecular weight is 548 g/mol. The number of carbonyl (C=O) groups is 2. The number of nitrogens with one attached hydrogen (secondary N) is 1. The Labute approximate surface area is 219 Å². The fourth-order valence-corrected chi connectivity index (χ4v) is 6.52. The third-order valence-corrected chi connectivity index (χ3v) is 8.36. The number of fused-ring (bicyclic) bond motifs is 1. The smallest absolute Gasteiger partial charge is 0.309 e. The summed E-state index contributed by atoms with van der Waals surface area (Å²) >= 11 is 3.52. The predicted molar refractivity (Wildman–Crippen MR) is 144 cm³/mol. The molecule has 2 heterocycles. The van der Waals surface area contributed by atoms with Crippen molar-refractivity contribution in [3.05, 3.63) is 70.6 Å². The Morgan fingerprint density at radius 3 is 2.58 bits per heavy atom. The molecule has 1 atom stereocenters. The van der Waals surface area contributed by atoms with Gasteiger partial charge >= 0.3 is 5.97 Å². The third-order valence-electron chi connectivity index (χ3n) is 7.52. The fourth-order valence-electron chi connectivity index (χ4n) is 5.60. The number of benzene rings is 1. The van der Waals surface area contributed by atoms with Crippen molar-refractivity contribution in [2.45, 2.75) is 51.9 Å². The normalized spacial score (nSPS) is 17.7. The maximum absolute atomic E-state index is 12.9. The number of hydrogen-bond acceptors (Lipinski definition) is 6. The van der Waals surface area contributed by atoms with Gasteiger partial charge in [0.1, 0.15) is 5.82 Å². The van der Waals surface area contributed by atoms with Crippen LogP contribution in [-0.2, 0) is 20.7 Å². The number of rotatable bonds is 8. The molecule has 1 aromatic carbocycles. The topological polar surface area (TPSA) is 81.2 Å². The summed E-state index contributed by atoms with van der Waals surface area (Å²) in [7, 11) is 0. The van der Waals surface area contributed by atoms with Gasteiger partial charge < -0.3 is 10.1 Å². The first-order valence-electron chi connectivity index (χ1n) is 12.7. The van der Waals surface area contributed by atoms with E-state index in [1.165, 1.54) is 6.42 Å². The van der Waals surface area contributed by atoms with Crippen LogP contribution < -0.4 is 5.32 Å². The summed E-state index contributed by atoms with van der Waals surface area (Å²) in [6.45, 7) is 2.17. The fraction of sp³-hybridized carbons (Fsp3) is 0.379. The zero-order chi connectivity index (χ0) is 25.1. The number of esters is 1. The molecule has 0 aliphatic heterocycles. The molecule has 186 valence electrons. The lowest BCUT2D eigenvalue weighted by Crippen LogP contribution is -2.45. The number of ketones is 1. The Kier molecular flexibility index (Phi) is 7.19. The van der Waals surface area contributed by atoms with Gasteiger partial charge in [-0.2, -0.15) is 0 Å². The molecular formula is C29H30BrN3O3. The van der Waals surface area contributed by atoms with Crippen molar-refractivity contribution in [3.63, 3.8) is 0 Å². The molecule has 36 heavy (non-hydrogen) atoms. The summed E-state index contributed by atoms with van der Waals surface area (Å²) in [5.41, 5.74) is 2.70. The molecule has 1 spiro atoms. The van der Waals surface area contributed by atoms with E-state index in [1.54, 1.807) is 18.6 Å². The summed E-state index contributed by atoms with van der Waals surface area (Å²) in [5.74, 6) is 0.434. The lowest BCUT2D eigenvalue weighted by Gasteiger charge is -2.46. The van der Waals surface area contributed by atoms with E-state index >= 15 is 0 Å². The minimum absolute atomic E-state index is 0.203. The van der Waals surface area contributed by atoms with Gasteiger partial charge in [-0.1, -0.05) is 31.4 Å². The minimum atomic E-state index is -0.365. The first kappa shape index (κ1) is 24.6. The lowest BCUT2D eigenvalue weighted by molar-refractivity contribution is -0.148. The van der Waals surface area contributed by atoms with Crippen LogP contribution in [0.3, 0.4) is 0 Å². The van der Waals surface area contributed by atoms with Crippen molar-refractivity contribution in [1.82, 2.24) is 9.97 Å². The molecule has 2 aromatic heterocycles. The van der Waals surface area contributed by atoms with E-state index < -0.39 is 0 Å². The molecule has 5 rings (SSSR count). The summed E-state index contributed by atoms with van der Waals surface area (Å²) in [4.78, 5) is 34.4. The van der Waals surface area contributed by atoms with Crippen LogP contribution in [0.5, 0.6) is 0 Å². The van der Waals surface area contributed by atoms with Crippen molar-refractivity contribution in [1.29, 1.82) is 0 Å². The Morgan fingerprint density at radius 1 is 1.08 bits per heavy atom. The molecule has 0 saturated heterocycles. The van der Waals surface area contributed by atoms with E-state index in [2.05, 4.69) is 31.2 Å². The van der Waals surface area contributed by atoms with Crippen LogP contribution in [0.4, 0.5) is 11.5 Å². The molecule has 7 heteroatoms. The van der Waals surface area contributed by atoms with Gasteiger partial charge in [-0.15, -0.1) is 0 Å². The van der Waals surface area contributed by atoms with Gasteiger partial charge in [-0.3, -0.25) is 14.6 Å². The van der Waals surface area contributed by atoms with E-state index in [0.717, 1.165) is 59.1 Å². The van der Waals surface area contributed by atoms with Crippen molar-refractivity contribution in [3.8, 4) is 0 Å². The van der Waals surface area contributed by atoms with Crippen LogP contribution >= 0.6 is 15.9 Å². The van der Waals surface area contributed by atoms with Crippen LogP contribution in [-0.4, -0.2) is 28.3 Å². The number of anilines is 2. The van der Waals surface area contributed by atoms with Gasteiger partial charge in [0.25, 0.3) is 0 Å². The molecule has 6 nitrogen and oxygen atoms in total. The molecule has 0 bridgehead atoms. The third kappa shape index (κ3) is 4.69. The maximum atomic E-state index is 12.9. The first-order valence-corrected chi connectivity index (χ1v) is 13.5. The van der Waals surface area contributed by atoms with Gasteiger partial charge in [0.2, 0.25) is 0 Å². The monoisotopic (exact) mass is 547 g/mol. The molecule has 0 amide bonds. The van der Waals surface area contributed by atoms with Crippen LogP contribution in [0.2, 0.25) is 0 Å². The van der Waals surface area contributed by atoms with Crippen LogP contribution in [0.25, 0.3) is 10.8 Å². The summed E-state index contributed by atoms with van der Waals surface area (Å²) in [5, 5.41) is 5.40. The maximum Gasteiger partial charge on any atom is 0.309 e. The van der Waals surface area contributed by atoms with Gasteiger partial charge in [-0.05, 0) is 89.3 Å². The number of pyridine rings is 2. The van der Waals surface area contributed by atoms with Crippen molar-refractivity contribution < 1.29 is 14.3 Å². The molecule has 1 N–H and O–H groups in total. The highest BCUT2D eigenvalue weighted by atomic mass is 79.9. The lowest BCUT2D eigenvalue weighted by atomic mass is 9.58. The summed E-state index contributed by atoms with van der Waals surface area (Å²) in [6, 6.07) is 12.0. The largest absolute Gasteiger partial charge is 0.466 e. The number of hydrogen-bond donors (Lipinski definition) is 1. The highest BCUT2D eigenvalue weighted by molar-refractivity contribution is 9.12. The van der Waals surface area contributed by atoms with Crippen molar-refractivity contribution in [2.75, 3.05) is 11.9 Å². The molecule has 3 aromatic rings. The number of Topliss-reactive ketones (excluding diaryl/α,β-unsaturated/α-hetero) is 1. The second kappa shape index (κ2) is 10.5. The SMILES string of the molecule is CCOC(=O)C(CC1=C(Br)C(=O)C12CCCCC2)Cc1ccc(Nc2nccc3ccncc23)cc1. The number of ether oxygens (including phenoxy) is 1. The van der Waals surface area contributed by atoms with E-state index in [1.807, 2.05) is 43.3 Å². The highest BCUT2D eigenvalue weighted by Gasteiger charge is 2.53. The number of nitrogens with zero attached hydrogens (tertiary/aromatic N) is 2. The summed E-state index contributed by atoms with van der Waals surface area (Å²) < 4.78 is 6.12. The molecule has 1 saturated carbocycles. The quantitative estimate of drug-likeness (QED) is 0.317. The molecule has 1 unspecified atom stereocenters. The van der Waals surface area contributed by atoms with E-state index in [9.17, 15) is 9.59 Å². The second-order valence-corrected chi connectivity index (χ2v) is 10.5. The van der Waals surface area contributed by atoms with Crippen LogP contribution in [0.15, 0.2) is 65.0 Å². The number of allylic oxidation sites excluding steroid dienone is 2. The van der Waals surface area contributed by atoms with E-state index in [-0.39, 0.29) is 23.1 Å². The standard InChI is InChI=1S/C29H30BrN3O3/c1-2-36-28(35)21(17-24-25(30)26(34)29(24)12-4-3-5-13-29)16-19-6-8-22(9-7-19)33-27-23-18-31-14-10-20(23)11-15-32-27/h6-11,14-15,18,21H,2-5,12-13,16-17H2,1H3,(H,32,33). The molecule has 2 aliphatic carbocycles. The molecular weight excluding hydrogens is 518 g/mol. The van der Waals surface area contributed by atoms with Gasteiger partial charge in [0, 0.05) is 29.7 Å². The zero-order valence-electron chi connectivity index (χ0n) is 20.4. The van der Waals surface area contributed by atoms with Gasteiger partial charge in [-0.25, -0.2) is 4.98 Å². The van der Waals surface area contributed by atoms with Gasteiger partial charge in [0.05, 0.1) is 22.4 Å². The Morgan fingerprint density at radius 2 is 1.83 bits per heavy atom. The van der Waals surface area contributed by atoms with Crippen LogP contribution in [0.1, 0.15) is 51.0 Å². The molecule has 0 radical (unpaired) electrons. The van der Waals surface area contributed by atoms with Crippen molar-refractivity contribution >= 4 is 50.0 Å². The average Bonchev–Trinajstić information content (AvgIpc) is 2.92. The Balaban J connectivity index is 1.33. The first-order chi connectivity index (χ1) is 17.5. The Hall–Kier alpha value is -3.06. The number of carbonyl (C=O) groups excluding carboxylic acids is 2. The van der Waals surface area contributed by atoms with Crippen molar-refractivity contribution in [2.24, 2.45) is 11.3 Å². The van der Waals surface area contributed by atoms with Gasteiger partial charge in [0.15, 0.2) is 5.78 Å². The van der Waals surface area contributed by atoms with E-state index in [4.69, 9.17) is 4.74 Å². The predicted octanol–water partition coefficient (Wildman–Crippen LogP) is 6.67. The number of halogens is 1. The van der Waals surface area contributed by atoms with E-state index in [0.29, 0.717) is 23.9 Å². The second-order valence-electron chi connectivity index (χ2n) is 9.70. The summed E-state index contributed by atoms with van der Waals surface area (Å²) in [6.07, 6.45) is 11.6. The minimum Gasteiger partial charge on any atom is -0.466 e. The Bertz CT molecular complexity index is 1310. The molecule has 2 aliphatic rings. The number of aromatic nitrogens is 2.